The number of para-hydroxylation sites is 1. The summed E-state index contributed by atoms with van der Waals surface area (Å²) in [7, 11) is 0. The van der Waals surface area contributed by atoms with Gasteiger partial charge in [-0.15, -0.1) is 23.5 Å². The second-order valence-electron chi connectivity index (χ2n) is 4.23. The molecule has 96 valence electrons. The number of hydrogen-bond donors (Lipinski definition) is 1. The van der Waals surface area contributed by atoms with Gasteiger partial charge in [-0.3, -0.25) is 4.79 Å². The average molecular weight is 287 g/mol. The summed E-state index contributed by atoms with van der Waals surface area (Å²) in [6.45, 7) is 0. The fourth-order valence-electron chi connectivity index (χ4n) is 1.92. The van der Waals surface area contributed by atoms with Crippen molar-refractivity contribution in [2.45, 2.75) is 20.8 Å². The lowest BCUT2D eigenvalue weighted by Gasteiger charge is -2.08. The molecule has 2 aromatic carbocycles. The Balaban J connectivity index is 1.58. The van der Waals surface area contributed by atoms with Gasteiger partial charge in [-0.25, -0.2) is 0 Å². The Labute approximate surface area is 121 Å². The molecule has 1 aliphatic heterocycles. The standard InChI is InChI=1S/C15H13NOS2/c17-14(16-11-6-2-1-3-7-11)10-15-18-12-8-4-5-9-13(12)19-15/h1-9,15H,10H2,(H,16,17). The Kier molecular flexibility index (Phi) is 3.80. The minimum absolute atomic E-state index is 0.0732. The minimum Gasteiger partial charge on any atom is -0.326 e. The molecule has 1 aliphatic rings. The zero-order valence-electron chi connectivity index (χ0n) is 10.2. The molecule has 0 atom stereocenters. The van der Waals surface area contributed by atoms with Crippen molar-refractivity contribution in [2.24, 2.45) is 0 Å². The number of amides is 1. The van der Waals surface area contributed by atoms with E-state index in [2.05, 4.69) is 17.4 Å². The highest BCUT2D eigenvalue weighted by Gasteiger charge is 2.24. The lowest BCUT2D eigenvalue weighted by Crippen LogP contribution is -2.15. The molecule has 0 aromatic heterocycles. The van der Waals surface area contributed by atoms with Crippen LogP contribution in [0.3, 0.4) is 0 Å². The average Bonchev–Trinajstić information content (AvgIpc) is 2.81. The largest absolute Gasteiger partial charge is 0.326 e. The van der Waals surface area contributed by atoms with Gasteiger partial charge in [0, 0.05) is 21.9 Å². The van der Waals surface area contributed by atoms with E-state index in [-0.39, 0.29) is 10.5 Å². The normalized spacial score (nSPS) is 14.1. The summed E-state index contributed by atoms with van der Waals surface area (Å²) in [4.78, 5) is 14.5. The maximum Gasteiger partial charge on any atom is 0.226 e. The molecule has 2 aromatic rings. The first-order valence-electron chi connectivity index (χ1n) is 6.08. The molecule has 1 amide bonds. The van der Waals surface area contributed by atoms with E-state index in [1.165, 1.54) is 9.79 Å². The smallest absolute Gasteiger partial charge is 0.226 e. The van der Waals surface area contributed by atoms with Crippen molar-refractivity contribution in [3.8, 4) is 0 Å². The van der Waals surface area contributed by atoms with Crippen molar-refractivity contribution >= 4 is 35.1 Å². The van der Waals surface area contributed by atoms with E-state index in [0.717, 1.165) is 5.69 Å². The Hall–Kier alpha value is -1.39. The molecule has 0 fully saturated rings. The van der Waals surface area contributed by atoms with Crippen molar-refractivity contribution in [1.82, 2.24) is 0 Å². The SMILES string of the molecule is O=C(CC1Sc2ccccc2S1)Nc1ccccc1. The Morgan fingerprint density at radius 3 is 2.16 bits per heavy atom. The Bertz CT molecular complexity index is 561. The first kappa shape index (κ1) is 12.6. The quantitative estimate of drug-likeness (QED) is 0.915. The van der Waals surface area contributed by atoms with Gasteiger partial charge in [0.2, 0.25) is 5.91 Å². The summed E-state index contributed by atoms with van der Waals surface area (Å²) in [5.41, 5.74) is 0.859. The van der Waals surface area contributed by atoms with E-state index < -0.39 is 0 Å². The minimum atomic E-state index is 0.0732. The van der Waals surface area contributed by atoms with Crippen molar-refractivity contribution in [3.63, 3.8) is 0 Å². The molecule has 1 N–H and O–H groups in total. The zero-order valence-corrected chi connectivity index (χ0v) is 11.8. The molecule has 0 saturated carbocycles. The lowest BCUT2D eigenvalue weighted by atomic mass is 10.3. The highest BCUT2D eigenvalue weighted by atomic mass is 32.2. The van der Waals surface area contributed by atoms with Crippen molar-refractivity contribution in [2.75, 3.05) is 5.32 Å². The van der Waals surface area contributed by atoms with Crippen molar-refractivity contribution < 1.29 is 4.79 Å². The predicted octanol–water partition coefficient (Wildman–Crippen LogP) is 4.24. The molecule has 0 spiro atoms. The van der Waals surface area contributed by atoms with Crippen LogP contribution in [-0.2, 0) is 4.79 Å². The van der Waals surface area contributed by atoms with Crippen LogP contribution in [0.15, 0.2) is 64.4 Å². The van der Waals surface area contributed by atoms with Gasteiger partial charge in [0.25, 0.3) is 0 Å². The monoisotopic (exact) mass is 287 g/mol. The van der Waals surface area contributed by atoms with E-state index in [9.17, 15) is 4.79 Å². The van der Waals surface area contributed by atoms with Gasteiger partial charge in [-0.05, 0) is 24.3 Å². The van der Waals surface area contributed by atoms with E-state index in [0.29, 0.717) is 6.42 Å². The van der Waals surface area contributed by atoms with Crippen LogP contribution in [0.2, 0.25) is 0 Å². The molecule has 0 radical (unpaired) electrons. The molecule has 0 unspecified atom stereocenters. The molecule has 4 heteroatoms. The number of benzene rings is 2. The second kappa shape index (κ2) is 5.72. The van der Waals surface area contributed by atoms with Crippen LogP contribution in [0.4, 0.5) is 5.69 Å². The third-order valence-corrected chi connectivity index (χ3v) is 5.56. The molecular weight excluding hydrogens is 274 g/mol. The van der Waals surface area contributed by atoms with E-state index in [4.69, 9.17) is 0 Å². The van der Waals surface area contributed by atoms with E-state index in [1.807, 2.05) is 42.5 Å². The van der Waals surface area contributed by atoms with Gasteiger partial charge >= 0.3 is 0 Å². The first-order chi connectivity index (χ1) is 9.31. The van der Waals surface area contributed by atoms with E-state index in [1.54, 1.807) is 23.5 Å². The third kappa shape index (κ3) is 3.14. The molecule has 1 heterocycles. The molecular formula is C15H13NOS2. The van der Waals surface area contributed by atoms with Gasteiger partial charge < -0.3 is 5.32 Å². The molecule has 3 rings (SSSR count). The second-order valence-corrected chi connectivity index (χ2v) is 7.02. The summed E-state index contributed by atoms with van der Waals surface area (Å²) < 4.78 is 0.279. The number of anilines is 1. The molecule has 19 heavy (non-hydrogen) atoms. The highest BCUT2D eigenvalue weighted by molar-refractivity contribution is 8.19. The van der Waals surface area contributed by atoms with Crippen LogP contribution in [0.5, 0.6) is 0 Å². The topological polar surface area (TPSA) is 29.1 Å². The van der Waals surface area contributed by atoms with Crippen LogP contribution in [-0.4, -0.2) is 10.5 Å². The fourth-order valence-corrected chi connectivity index (χ4v) is 4.74. The number of carbonyl (C=O) groups is 1. The maximum absolute atomic E-state index is 12.0. The predicted molar refractivity (Wildman–Crippen MR) is 81.6 cm³/mol. The lowest BCUT2D eigenvalue weighted by molar-refractivity contribution is -0.115. The number of thioether (sulfide) groups is 2. The summed E-state index contributed by atoms with van der Waals surface area (Å²) in [5.74, 6) is 0.0732. The van der Waals surface area contributed by atoms with Gasteiger partial charge in [0.1, 0.15) is 0 Å². The summed E-state index contributed by atoms with van der Waals surface area (Å²) in [6.07, 6.45) is 0.527. The van der Waals surface area contributed by atoms with Crippen LogP contribution >= 0.6 is 23.5 Å². The molecule has 0 bridgehead atoms. The van der Waals surface area contributed by atoms with Gasteiger partial charge in [-0.1, -0.05) is 30.3 Å². The Morgan fingerprint density at radius 1 is 0.947 bits per heavy atom. The Morgan fingerprint density at radius 2 is 1.53 bits per heavy atom. The number of carbonyl (C=O) groups excluding carboxylic acids is 1. The first-order valence-corrected chi connectivity index (χ1v) is 7.84. The van der Waals surface area contributed by atoms with Gasteiger partial charge in [-0.2, -0.15) is 0 Å². The van der Waals surface area contributed by atoms with Crippen molar-refractivity contribution in [1.29, 1.82) is 0 Å². The van der Waals surface area contributed by atoms with E-state index >= 15 is 0 Å². The fraction of sp³-hybridized carbons (Fsp3) is 0.133. The summed E-state index contributed by atoms with van der Waals surface area (Å²) in [6, 6.07) is 17.9. The van der Waals surface area contributed by atoms with Crippen LogP contribution in [0, 0.1) is 0 Å². The van der Waals surface area contributed by atoms with Gasteiger partial charge in [0.05, 0.1) is 4.58 Å². The molecule has 0 saturated heterocycles. The number of nitrogens with one attached hydrogen (secondary N) is 1. The molecule has 0 aliphatic carbocycles. The van der Waals surface area contributed by atoms with Gasteiger partial charge in [0.15, 0.2) is 0 Å². The summed E-state index contributed by atoms with van der Waals surface area (Å²) >= 11 is 3.55. The highest BCUT2D eigenvalue weighted by Crippen LogP contribution is 2.48. The summed E-state index contributed by atoms with van der Waals surface area (Å²) in [5, 5.41) is 2.93. The maximum atomic E-state index is 12.0. The number of fused-ring (bicyclic) bond motifs is 1. The molecule has 2 nitrogen and oxygen atoms in total. The number of hydrogen-bond acceptors (Lipinski definition) is 3. The van der Waals surface area contributed by atoms with Crippen molar-refractivity contribution in [3.05, 3.63) is 54.6 Å². The van der Waals surface area contributed by atoms with Crippen LogP contribution < -0.4 is 5.32 Å². The third-order valence-electron chi connectivity index (χ3n) is 2.78. The van der Waals surface area contributed by atoms with Crippen LogP contribution in [0.25, 0.3) is 0 Å². The number of rotatable bonds is 3. The van der Waals surface area contributed by atoms with Crippen LogP contribution in [0.1, 0.15) is 6.42 Å². The zero-order chi connectivity index (χ0) is 13.1.